The molecule has 0 aliphatic heterocycles. The Balaban J connectivity index is 1.73. The number of ether oxygens (including phenoxy) is 1. The Morgan fingerprint density at radius 2 is 2.10 bits per heavy atom. The van der Waals surface area contributed by atoms with Crippen LogP contribution in [-0.2, 0) is 6.54 Å². The van der Waals surface area contributed by atoms with Gasteiger partial charge in [-0.05, 0) is 55.3 Å². The van der Waals surface area contributed by atoms with Crippen LogP contribution in [-0.4, -0.2) is 35.8 Å². The number of carbonyl (C=O) groups excluding carboxylic acids is 1. The molecule has 1 heterocycles. The van der Waals surface area contributed by atoms with E-state index in [0.29, 0.717) is 35.1 Å². The van der Waals surface area contributed by atoms with Gasteiger partial charge in [0.25, 0.3) is 5.91 Å². The standard InChI is InChI=1S/C24H24ClN3O3/c1-31-22-6-4-19(25)10-18(22)13-28-20-5-3-16(12-26)9-17(20)11-21(28)23(30)27-14-24(15-29)7-2-8-24/h3-6,9-11,29H,2,7-8,13-15H2,1H3,(H,27,30). The van der Waals surface area contributed by atoms with E-state index in [9.17, 15) is 15.2 Å². The quantitative estimate of drug-likeness (QED) is 0.582. The third kappa shape index (κ3) is 4.12. The number of hydrogen-bond acceptors (Lipinski definition) is 4. The molecule has 1 aliphatic carbocycles. The Hall–Kier alpha value is -3.01. The molecule has 1 saturated carbocycles. The lowest BCUT2D eigenvalue weighted by molar-refractivity contribution is 0.0427. The number of benzene rings is 2. The number of nitrogens with one attached hydrogen (secondary N) is 1. The molecule has 1 amide bonds. The van der Waals surface area contributed by atoms with E-state index in [1.807, 2.05) is 16.7 Å². The van der Waals surface area contributed by atoms with E-state index >= 15 is 0 Å². The van der Waals surface area contributed by atoms with Crippen molar-refractivity contribution in [2.45, 2.75) is 25.8 Å². The number of hydrogen-bond donors (Lipinski definition) is 2. The first-order chi connectivity index (χ1) is 15.0. The van der Waals surface area contributed by atoms with Crippen LogP contribution in [0, 0.1) is 16.7 Å². The summed E-state index contributed by atoms with van der Waals surface area (Å²) in [5.74, 6) is 0.468. The van der Waals surface area contributed by atoms with Crippen LogP contribution in [0.3, 0.4) is 0 Å². The maximum atomic E-state index is 13.2. The van der Waals surface area contributed by atoms with Gasteiger partial charge in [-0.2, -0.15) is 5.26 Å². The summed E-state index contributed by atoms with van der Waals surface area (Å²) >= 11 is 6.21. The molecule has 7 heteroatoms. The first-order valence-electron chi connectivity index (χ1n) is 10.2. The number of aromatic nitrogens is 1. The summed E-state index contributed by atoms with van der Waals surface area (Å²) in [5, 5.41) is 23.4. The van der Waals surface area contributed by atoms with Gasteiger partial charge < -0.3 is 19.7 Å². The number of methoxy groups -OCH3 is 1. The minimum absolute atomic E-state index is 0.0709. The van der Waals surface area contributed by atoms with Crippen LogP contribution in [0.5, 0.6) is 5.75 Å². The Morgan fingerprint density at radius 1 is 1.29 bits per heavy atom. The van der Waals surface area contributed by atoms with Gasteiger partial charge in [-0.3, -0.25) is 4.79 Å². The predicted octanol–water partition coefficient (Wildman–Crippen LogP) is 4.12. The van der Waals surface area contributed by atoms with Gasteiger partial charge in [-0.15, -0.1) is 0 Å². The molecule has 0 unspecified atom stereocenters. The van der Waals surface area contributed by atoms with Crippen molar-refractivity contribution in [1.29, 1.82) is 5.26 Å². The van der Waals surface area contributed by atoms with Crippen molar-refractivity contribution in [3.8, 4) is 11.8 Å². The van der Waals surface area contributed by atoms with Crippen molar-refractivity contribution in [2.75, 3.05) is 20.3 Å². The molecule has 2 aromatic carbocycles. The lowest BCUT2D eigenvalue weighted by Crippen LogP contribution is -2.44. The Kier molecular flexibility index (Phi) is 5.90. The van der Waals surface area contributed by atoms with Crippen LogP contribution in [0.4, 0.5) is 0 Å². The van der Waals surface area contributed by atoms with Gasteiger partial charge in [0.15, 0.2) is 0 Å². The SMILES string of the molecule is COc1ccc(Cl)cc1Cn1c(C(=O)NCC2(CO)CCC2)cc2cc(C#N)ccc21. The molecule has 0 spiro atoms. The third-order valence-corrected chi connectivity index (χ3v) is 6.44. The summed E-state index contributed by atoms with van der Waals surface area (Å²) in [7, 11) is 1.60. The second-order valence-electron chi connectivity index (χ2n) is 8.15. The largest absolute Gasteiger partial charge is 0.496 e. The van der Waals surface area contributed by atoms with Gasteiger partial charge in [0.05, 0.1) is 31.9 Å². The highest BCUT2D eigenvalue weighted by Gasteiger charge is 2.36. The number of amides is 1. The van der Waals surface area contributed by atoms with Crippen LogP contribution >= 0.6 is 11.6 Å². The number of halogens is 1. The molecule has 2 N–H and O–H groups in total. The topological polar surface area (TPSA) is 87.3 Å². The molecule has 0 bridgehead atoms. The fourth-order valence-corrected chi connectivity index (χ4v) is 4.36. The Morgan fingerprint density at radius 3 is 2.74 bits per heavy atom. The lowest BCUT2D eigenvalue weighted by Gasteiger charge is -2.40. The molecule has 1 fully saturated rings. The molecule has 0 saturated heterocycles. The number of nitriles is 1. The monoisotopic (exact) mass is 437 g/mol. The fourth-order valence-electron chi connectivity index (χ4n) is 4.17. The summed E-state index contributed by atoms with van der Waals surface area (Å²) in [5.41, 5.74) is 2.49. The van der Waals surface area contributed by atoms with Crippen LogP contribution in [0.15, 0.2) is 42.5 Å². The zero-order chi connectivity index (χ0) is 22.0. The molecular weight excluding hydrogens is 414 g/mol. The summed E-state index contributed by atoms with van der Waals surface area (Å²) in [6.45, 7) is 0.891. The summed E-state index contributed by atoms with van der Waals surface area (Å²) < 4.78 is 7.39. The van der Waals surface area contributed by atoms with Crippen LogP contribution in [0.25, 0.3) is 10.9 Å². The second kappa shape index (κ2) is 8.62. The molecule has 6 nitrogen and oxygen atoms in total. The summed E-state index contributed by atoms with van der Waals surface area (Å²) in [6.07, 6.45) is 2.90. The fraction of sp³-hybridized carbons (Fsp3) is 0.333. The van der Waals surface area contributed by atoms with Crippen LogP contribution < -0.4 is 10.1 Å². The maximum Gasteiger partial charge on any atom is 0.267 e. The number of rotatable bonds is 7. The summed E-state index contributed by atoms with van der Waals surface area (Å²) in [6, 6.07) is 14.7. The van der Waals surface area contributed by atoms with E-state index in [1.54, 1.807) is 37.4 Å². The van der Waals surface area contributed by atoms with Crippen LogP contribution in [0.2, 0.25) is 5.02 Å². The van der Waals surface area contributed by atoms with Crippen molar-refractivity contribution in [3.05, 3.63) is 64.3 Å². The predicted molar refractivity (Wildman–Crippen MR) is 119 cm³/mol. The highest BCUT2D eigenvalue weighted by molar-refractivity contribution is 6.30. The highest BCUT2D eigenvalue weighted by atomic mass is 35.5. The number of nitrogens with zero attached hydrogens (tertiary/aromatic N) is 2. The highest BCUT2D eigenvalue weighted by Crippen LogP contribution is 2.39. The van der Waals surface area contributed by atoms with Crippen molar-refractivity contribution in [3.63, 3.8) is 0 Å². The van der Waals surface area contributed by atoms with E-state index in [0.717, 1.165) is 35.7 Å². The molecule has 31 heavy (non-hydrogen) atoms. The average molecular weight is 438 g/mol. The molecule has 0 atom stereocenters. The second-order valence-corrected chi connectivity index (χ2v) is 8.59. The van der Waals surface area contributed by atoms with Gasteiger partial charge in [-0.25, -0.2) is 0 Å². The van der Waals surface area contributed by atoms with Gasteiger partial charge in [0.2, 0.25) is 0 Å². The molecule has 0 radical (unpaired) electrons. The van der Waals surface area contributed by atoms with E-state index in [2.05, 4.69) is 11.4 Å². The number of aliphatic hydroxyl groups is 1. The molecule has 4 rings (SSSR count). The molecule has 160 valence electrons. The number of carbonyl (C=O) groups is 1. The van der Waals surface area contributed by atoms with E-state index in [4.69, 9.17) is 16.3 Å². The van der Waals surface area contributed by atoms with Gasteiger partial charge in [0.1, 0.15) is 11.4 Å². The van der Waals surface area contributed by atoms with E-state index in [1.165, 1.54) is 0 Å². The normalized spacial score (nSPS) is 14.6. The van der Waals surface area contributed by atoms with Crippen LogP contribution in [0.1, 0.15) is 40.9 Å². The molecule has 3 aromatic rings. The van der Waals surface area contributed by atoms with E-state index < -0.39 is 0 Å². The van der Waals surface area contributed by atoms with Crippen molar-refractivity contribution in [2.24, 2.45) is 5.41 Å². The minimum Gasteiger partial charge on any atom is -0.496 e. The molecule has 1 aromatic heterocycles. The van der Waals surface area contributed by atoms with Crippen molar-refractivity contribution in [1.82, 2.24) is 9.88 Å². The van der Waals surface area contributed by atoms with Gasteiger partial charge in [0, 0.05) is 33.4 Å². The van der Waals surface area contributed by atoms with Crippen molar-refractivity contribution < 1.29 is 14.6 Å². The zero-order valence-corrected chi connectivity index (χ0v) is 18.1. The number of aliphatic hydroxyl groups excluding tert-OH is 1. The minimum atomic E-state index is -0.213. The number of fused-ring (bicyclic) bond motifs is 1. The lowest BCUT2D eigenvalue weighted by atomic mass is 9.69. The summed E-state index contributed by atoms with van der Waals surface area (Å²) in [4.78, 5) is 13.2. The third-order valence-electron chi connectivity index (χ3n) is 6.21. The Bertz CT molecular complexity index is 1170. The van der Waals surface area contributed by atoms with Gasteiger partial charge in [-0.1, -0.05) is 18.0 Å². The smallest absolute Gasteiger partial charge is 0.267 e. The first kappa shape index (κ1) is 21.2. The van der Waals surface area contributed by atoms with E-state index in [-0.39, 0.29) is 17.9 Å². The Labute approximate surface area is 186 Å². The zero-order valence-electron chi connectivity index (χ0n) is 17.3. The average Bonchev–Trinajstić information content (AvgIpc) is 3.11. The maximum absolute atomic E-state index is 13.2. The molecular formula is C24H24ClN3O3. The molecule has 1 aliphatic rings. The van der Waals surface area contributed by atoms with Crippen molar-refractivity contribution >= 4 is 28.4 Å². The first-order valence-corrected chi connectivity index (χ1v) is 10.6. The van der Waals surface area contributed by atoms with Gasteiger partial charge >= 0.3 is 0 Å².